The number of halogens is 1. The van der Waals surface area contributed by atoms with Crippen LogP contribution >= 0.6 is 11.6 Å². The van der Waals surface area contributed by atoms with Gasteiger partial charge in [-0.2, -0.15) is 0 Å². The van der Waals surface area contributed by atoms with Crippen LogP contribution in [0.4, 0.5) is 0 Å². The molecule has 2 fully saturated rings. The number of nitrogens with zero attached hydrogens (tertiary/aromatic N) is 1. The topological polar surface area (TPSA) is 40.5 Å². The molecule has 0 spiro atoms. The fourth-order valence-corrected chi connectivity index (χ4v) is 3.85. The Labute approximate surface area is 136 Å². The lowest BCUT2D eigenvalue weighted by Crippen LogP contribution is -2.54. The number of hydrogen-bond acceptors (Lipinski definition) is 2. The zero-order valence-corrected chi connectivity index (χ0v) is 13.4. The van der Waals surface area contributed by atoms with Crippen molar-refractivity contribution in [3.05, 3.63) is 40.9 Å². The molecule has 1 aromatic carbocycles. The Hall–Kier alpha value is -1.32. The second-order valence-corrected chi connectivity index (χ2v) is 6.84. The van der Waals surface area contributed by atoms with Gasteiger partial charge in [-0.05, 0) is 37.0 Å². The van der Waals surface area contributed by atoms with Crippen LogP contribution in [-0.2, 0) is 4.79 Å². The van der Waals surface area contributed by atoms with Gasteiger partial charge in [-0.3, -0.25) is 4.79 Å². The molecule has 1 saturated carbocycles. The summed E-state index contributed by atoms with van der Waals surface area (Å²) in [5.41, 5.74) is 0.310. The molecule has 0 unspecified atom stereocenters. The highest BCUT2D eigenvalue weighted by atomic mass is 35.5. The normalized spacial score (nSPS) is 28.6. The number of amides is 1. The van der Waals surface area contributed by atoms with Crippen molar-refractivity contribution < 1.29 is 9.90 Å². The van der Waals surface area contributed by atoms with Crippen molar-refractivity contribution in [3.63, 3.8) is 0 Å². The number of aliphatic hydroxyl groups is 1. The first-order valence-corrected chi connectivity index (χ1v) is 8.40. The second-order valence-electron chi connectivity index (χ2n) is 6.44. The number of hydrogen-bond donors (Lipinski definition) is 1. The van der Waals surface area contributed by atoms with E-state index in [0.29, 0.717) is 24.5 Å². The first-order chi connectivity index (χ1) is 10.6. The van der Waals surface area contributed by atoms with Gasteiger partial charge >= 0.3 is 0 Å². The van der Waals surface area contributed by atoms with Gasteiger partial charge in [-0.25, -0.2) is 0 Å². The van der Waals surface area contributed by atoms with Crippen LogP contribution < -0.4 is 0 Å². The summed E-state index contributed by atoms with van der Waals surface area (Å²) >= 11 is 6.09. The molecule has 2 aliphatic rings. The highest BCUT2D eigenvalue weighted by Gasteiger charge is 2.43. The lowest BCUT2D eigenvalue weighted by atomic mass is 9.71. The number of carbonyl (C=O) groups is 1. The van der Waals surface area contributed by atoms with E-state index in [1.807, 2.05) is 29.2 Å². The van der Waals surface area contributed by atoms with Gasteiger partial charge in [0, 0.05) is 30.1 Å². The third-order valence-electron chi connectivity index (χ3n) is 5.05. The molecule has 3 nitrogen and oxygen atoms in total. The second kappa shape index (κ2) is 6.43. The number of rotatable bonds is 2. The first-order valence-electron chi connectivity index (χ1n) is 8.02. The molecule has 1 amide bonds. The van der Waals surface area contributed by atoms with E-state index < -0.39 is 5.60 Å². The number of carbonyl (C=O) groups excluding carboxylic acids is 1. The molecular formula is C18H22ClNO2. The molecule has 3 rings (SSSR count). The molecule has 1 aliphatic heterocycles. The minimum Gasteiger partial charge on any atom is -0.389 e. The van der Waals surface area contributed by atoms with E-state index in [4.69, 9.17) is 11.6 Å². The monoisotopic (exact) mass is 319 g/mol. The van der Waals surface area contributed by atoms with Crippen molar-refractivity contribution >= 4 is 23.6 Å². The number of benzene rings is 1. The van der Waals surface area contributed by atoms with Crippen LogP contribution in [0.3, 0.4) is 0 Å². The molecule has 1 aromatic rings. The summed E-state index contributed by atoms with van der Waals surface area (Å²) < 4.78 is 0. The molecule has 4 heteroatoms. The smallest absolute Gasteiger partial charge is 0.246 e. The summed E-state index contributed by atoms with van der Waals surface area (Å²) in [4.78, 5) is 14.2. The van der Waals surface area contributed by atoms with Gasteiger partial charge in [0.15, 0.2) is 0 Å². The Morgan fingerprint density at radius 3 is 2.95 bits per heavy atom. The van der Waals surface area contributed by atoms with Crippen LogP contribution in [0.1, 0.15) is 37.7 Å². The molecule has 1 aliphatic carbocycles. The van der Waals surface area contributed by atoms with E-state index in [9.17, 15) is 9.90 Å². The SMILES string of the molecule is O=C(/C=C/c1ccccc1Cl)N1CC[C@]2(O)CCCC[C@H]2C1. The Kier molecular flexibility index (Phi) is 4.55. The van der Waals surface area contributed by atoms with E-state index in [1.54, 1.807) is 12.2 Å². The van der Waals surface area contributed by atoms with Gasteiger partial charge in [-0.15, -0.1) is 0 Å². The van der Waals surface area contributed by atoms with E-state index in [1.165, 1.54) is 0 Å². The average Bonchev–Trinajstić information content (AvgIpc) is 2.53. The Morgan fingerprint density at radius 1 is 1.32 bits per heavy atom. The van der Waals surface area contributed by atoms with Crippen LogP contribution in [0, 0.1) is 5.92 Å². The molecule has 0 bridgehead atoms. The van der Waals surface area contributed by atoms with Crippen molar-refractivity contribution in [3.8, 4) is 0 Å². The van der Waals surface area contributed by atoms with Gasteiger partial charge in [0.25, 0.3) is 0 Å². The fourth-order valence-electron chi connectivity index (χ4n) is 3.65. The summed E-state index contributed by atoms with van der Waals surface area (Å²) in [6.45, 7) is 1.31. The molecule has 0 radical (unpaired) electrons. The zero-order valence-electron chi connectivity index (χ0n) is 12.7. The molecule has 22 heavy (non-hydrogen) atoms. The van der Waals surface area contributed by atoms with Crippen molar-refractivity contribution in [1.82, 2.24) is 4.90 Å². The maximum Gasteiger partial charge on any atom is 0.246 e. The van der Waals surface area contributed by atoms with E-state index in [-0.39, 0.29) is 11.8 Å². The zero-order chi connectivity index (χ0) is 15.6. The molecule has 1 heterocycles. The maximum absolute atomic E-state index is 12.4. The summed E-state index contributed by atoms with van der Waals surface area (Å²) in [5.74, 6) is 0.236. The van der Waals surface area contributed by atoms with Gasteiger partial charge in [0.05, 0.1) is 5.60 Å². The largest absolute Gasteiger partial charge is 0.389 e. The van der Waals surface area contributed by atoms with Crippen LogP contribution in [0.25, 0.3) is 6.08 Å². The molecule has 118 valence electrons. The summed E-state index contributed by atoms with van der Waals surface area (Å²) in [5, 5.41) is 11.3. The predicted molar refractivity (Wildman–Crippen MR) is 88.6 cm³/mol. The maximum atomic E-state index is 12.4. The predicted octanol–water partition coefficient (Wildman–Crippen LogP) is 3.51. The first kappa shape index (κ1) is 15.6. The van der Waals surface area contributed by atoms with Crippen molar-refractivity contribution in [2.75, 3.05) is 13.1 Å². The molecule has 0 aromatic heterocycles. The standard InChI is InChI=1S/C18H22ClNO2/c19-16-7-2-1-5-14(16)8-9-17(21)20-12-11-18(22)10-4-3-6-15(18)13-20/h1-2,5,7-9,15,22H,3-4,6,10-13H2/b9-8+/t15-,18+/m0/s1. The lowest BCUT2D eigenvalue weighted by Gasteiger charge is -2.47. The minimum atomic E-state index is -0.540. The van der Waals surface area contributed by atoms with Crippen molar-refractivity contribution in [1.29, 1.82) is 0 Å². The Morgan fingerprint density at radius 2 is 2.14 bits per heavy atom. The average molecular weight is 320 g/mol. The lowest BCUT2D eigenvalue weighted by molar-refractivity contribution is -0.138. The van der Waals surface area contributed by atoms with Crippen LogP contribution in [0.2, 0.25) is 5.02 Å². The quantitative estimate of drug-likeness (QED) is 0.847. The van der Waals surface area contributed by atoms with Gasteiger partial charge in [0.1, 0.15) is 0 Å². The molecule has 1 N–H and O–H groups in total. The third-order valence-corrected chi connectivity index (χ3v) is 5.39. The van der Waals surface area contributed by atoms with Crippen molar-refractivity contribution in [2.45, 2.75) is 37.7 Å². The highest BCUT2D eigenvalue weighted by molar-refractivity contribution is 6.32. The minimum absolute atomic E-state index is 0.00698. The van der Waals surface area contributed by atoms with Crippen LogP contribution in [0.15, 0.2) is 30.3 Å². The number of piperidine rings is 1. The molecule has 1 saturated heterocycles. The molecule has 2 atom stereocenters. The van der Waals surface area contributed by atoms with Gasteiger partial charge in [0.2, 0.25) is 5.91 Å². The fraction of sp³-hybridized carbons (Fsp3) is 0.500. The Balaban J connectivity index is 1.65. The van der Waals surface area contributed by atoms with E-state index >= 15 is 0 Å². The van der Waals surface area contributed by atoms with Gasteiger partial charge < -0.3 is 10.0 Å². The van der Waals surface area contributed by atoms with Crippen LogP contribution in [0.5, 0.6) is 0 Å². The van der Waals surface area contributed by atoms with Gasteiger partial charge in [-0.1, -0.05) is 42.6 Å². The number of fused-ring (bicyclic) bond motifs is 1. The number of likely N-dealkylation sites (tertiary alicyclic amines) is 1. The summed E-state index contributed by atoms with van der Waals surface area (Å²) in [6, 6.07) is 7.48. The van der Waals surface area contributed by atoms with E-state index in [2.05, 4.69) is 0 Å². The third kappa shape index (κ3) is 3.21. The molecular weight excluding hydrogens is 298 g/mol. The Bertz CT molecular complexity index is 586. The van der Waals surface area contributed by atoms with E-state index in [0.717, 1.165) is 31.2 Å². The van der Waals surface area contributed by atoms with Crippen molar-refractivity contribution in [2.24, 2.45) is 5.92 Å². The summed E-state index contributed by atoms with van der Waals surface area (Å²) in [6.07, 6.45) is 8.23. The van der Waals surface area contributed by atoms with Crippen LogP contribution in [-0.4, -0.2) is 34.6 Å². The summed E-state index contributed by atoms with van der Waals surface area (Å²) in [7, 11) is 0. The highest BCUT2D eigenvalue weighted by Crippen LogP contribution is 2.39.